The molecule has 3 atom stereocenters. The van der Waals surface area contributed by atoms with Gasteiger partial charge in [0.15, 0.2) is 0 Å². The van der Waals surface area contributed by atoms with Crippen molar-refractivity contribution in [2.75, 3.05) is 11.5 Å². The molecule has 9 nitrogen and oxygen atoms in total. The molecule has 0 aliphatic heterocycles. The van der Waals surface area contributed by atoms with Crippen LogP contribution in [-0.4, -0.2) is 62.9 Å². The van der Waals surface area contributed by atoms with Crippen molar-refractivity contribution in [2.45, 2.75) is 24.5 Å². The Hall–Kier alpha value is -1.79. The average molecular weight is 405 g/mol. The summed E-state index contributed by atoms with van der Waals surface area (Å²) in [6.07, 6.45) is 0.385. The zero-order valence-electron chi connectivity index (χ0n) is 13.9. The van der Waals surface area contributed by atoms with E-state index in [1.165, 1.54) is 21.6 Å². The van der Waals surface area contributed by atoms with E-state index in [2.05, 4.69) is 0 Å². The number of rotatable bonds is 10. The van der Waals surface area contributed by atoms with Gasteiger partial charge in [-0.1, -0.05) is 51.9 Å². The number of carboxylic acids is 3. The van der Waals surface area contributed by atoms with E-state index in [4.69, 9.17) is 32.5 Å². The van der Waals surface area contributed by atoms with Gasteiger partial charge in [-0.05, 0) is 12.0 Å². The number of aliphatic carboxylic acids is 3. The second-order valence-corrected chi connectivity index (χ2v) is 7.65. The van der Waals surface area contributed by atoms with Crippen LogP contribution in [-0.2, 0) is 20.8 Å². The number of carbonyl (C=O) groups is 3. The van der Waals surface area contributed by atoms with Crippen molar-refractivity contribution < 1.29 is 29.7 Å². The van der Waals surface area contributed by atoms with Gasteiger partial charge in [-0.15, -0.1) is 0 Å². The Morgan fingerprint density at radius 1 is 0.769 bits per heavy atom. The standard InChI is InChI=1S/C9H11NO2.C6H12N2O4S2/c10-8(9(11)12)6-7-4-2-1-3-5-7;7-3(5(9)10)1-13-14-2-4(8)6(11)12/h1-5,8H,6,10H2,(H,11,12);3-4H,1-2,7-8H2,(H,9,10)(H,11,12)/t8-;3-,4?/m00/s1. The monoisotopic (exact) mass is 405 g/mol. The van der Waals surface area contributed by atoms with Crippen molar-refractivity contribution in [3.63, 3.8) is 0 Å². The largest absolute Gasteiger partial charge is 0.480 e. The normalized spacial score (nSPS) is 13.7. The number of hydrogen-bond acceptors (Lipinski definition) is 8. The molecule has 0 spiro atoms. The van der Waals surface area contributed by atoms with E-state index in [-0.39, 0.29) is 11.5 Å². The van der Waals surface area contributed by atoms with Crippen LogP contribution in [0.2, 0.25) is 0 Å². The molecule has 1 aromatic carbocycles. The first-order valence-corrected chi connectivity index (χ1v) is 9.87. The second kappa shape index (κ2) is 13.4. The van der Waals surface area contributed by atoms with E-state index in [1.54, 1.807) is 0 Å². The first kappa shape index (κ1) is 24.2. The molecule has 1 unspecified atom stereocenters. The van der Waals surface area contributed by atoms with Crippen LogP contribution in [0.15, 0.2) is 30.3 Å². The fourth-order valence-corrected chi connectivity index (χ4v) is 3.57. The summed E-state index contributed by atoms with van der Waals surface area (Å²) in [6.45, 7) is 0. The molecule has 0 aliphatic rings. The fourth-order valence-electron chi connectivity index (χ4n) is 1.34. The summed E-state index contributed by atoms with van der Waals surface area (Å²) in [5.74, 6) is -2.64. The van der Waals surface area contributed by atoms with Crippen molar-refractivity contribution in [3.8, 4) is 0 Å². The zero-order chi connectivity index (χ0) is 20.1. The minimum Gasteiger partial charge on any atom is -0.480 e. The molecule has 0 bridgehead atoms. The average Bonchev–Trinajstić information content (AvgIpc) is 2.59. The summed E-state index contributed by atoms with van der Waals surface area (Å²) in [5, 5.41) is 25.3. The summed E-state index contributed by atoms with van der Waals surface area (Å²) in [4.78, 5) is 30.9. The van der Waals surface area contributed by atoms with Crippen molar-refractivity contribution in [3.05, 3.63) is 35.9 Å². The molecule has 0 fully saturated rings. The van der Waals surface area contributed by atoms with Gasteiger partial charge in [0.1, 0.15) is 18.1 Å². The summed E-state index contributed by atoms with van der Waals surface area (Å²) in [5.41, 5.74) is 16.7. The summed E-state index contributed by atoms with van der Waals surface area (Å²) < 4.78 is 0. The van der Waals surface area contributed by atoms with Gasteiger partial charge in [-0.3, -0.25) is 14.4 Å². The third-order valence-electron chi connectivity index (χ3n) is 2.83. The molecule has 0 saturated carbocycles. The molecule has 0 amide bonds. The highest BCUT2D eigenvalue weighted by Crippen LogP contribution is 2.22. The van der Waals surface area contributed by atoms with Crippen molar-refractivity contribution >= 4 is 39.5 Å². The van der Waals surface area contributed by atoms with Crippen LogP contribution < -0.4 is 17.2 Å². The molecule has 1 aromatic rings. The maximum atomic E-state index is 10.4. The Labute approximate surface area is 158 Å². The predicted molar refractivity (Wildman–Crippen MR) is 102 cm³/mol. The molecule has 11 heteroatoms. The lowest BCUT2D eigenvalue weighted by Gasteiger charge is -2.07. The molecule has 146 valence electrons. The van der Waals surface area contributed by atoms with Crippen LogP contribution in [0.3, 0.4) is 0 Å². The quantitative estimate of drug-likeness (QED) is 0.224. The highest BCUT2D eigenvalue weighted by molar-refractivity contribution is 8.76. The highest BCUT2D eigenvalue weighted by atomic mass is 33.1. The molecule has 0 aliphatic carbocycles. The maximum Gasteiger partial charge on any atom is 0.321 e. The van der Waals surface area contributed by atoms with Crippen molar-refractivity contribution in [1.29, 1.82) is 0 Å². The molecule has 26 heavy (non-hydrogen) atoms. The molecule has 9 N–H and O–H groups in total. The van der Waals surface area contributed by atoms with Crippen LogP contribution in [0.1, 0.15) is 5.56 Å². The third-order valence-corrected chi connectivity index (χ3v) is 5.30. The van der Waals surface area contributed by atoms with Crippen LogP contribution >= 0.6 is 21.6 Å². The lowest BCUT2D eigenvalue weighted by Crippen LogP contribution is -2.33. The molecule has 0 saturated heterocycles. The fraction of sp³-hybridized carbons (Fsp3) is 0.400. The predicted octanol–water partition coefficient (Wildman–Crippen LogP) is -0.167. The number of hydrogen-bond donors (Lipinski definition) is 6. The molecule has 1 rings (SSSR count). The Morgan fingerprint density at radius 2 is 1.15 bits per heavy atom. The van der Waals surface area contributed by atoms with E-state index >= 15 is 0 Å². The van der Waals surface area contributed by atoms with E-state index in [0.29, 0.717) is 6.42 Å². The summed E-state index contributed by atoms with van der Waals surface area (Å²) >= 11 is 0. The van der Waals surface area contributed by atoms with Gasteiger partial charge in [0, 0.05) is 11.5 Å². The summed E-state index contributed by atoms with van der Waals surface area (Å²) in [7, 11) is 2.41. The maximum absolute atomic E-state index is 10.4. The minimum atomic E-state index is -1.07. The second-order valence-electron chi connectivity index (χ2n) is 5.09. The molecular weight excluding hydrogens is 382 g/mol. The van der Waals surface area contributed by atoms with E-state index < -0.39 is 36.0 Å². The van der Waals surface area contributed by atoms with Gasteiger partial charge >= 0.3 is 17.9 Å². The van der Waals surface area contributed by atoms with Gasteiger partial charge in [0.25, 0.3) is 0 Å². The van der Waals surface area contributed by atoms with Gasteiger partial charge in [0.2, 0.25) is 0 Å². The van der Waals surface area contributed by atoms with Gasteiger partial charge in [0.05, 0.1) is 0 Å². The molecule has 0 aromatic heterocycles. The van der Waals surface area contributed by atoms with Crippen molar-refractivity contribution in [2.24, 2.45) is 17.2 Å². The third kappa shape index (κ3) is 11.7. The number of carboxylic acid groups (broad SMARTS) is 3. The van der Waals surface area contributed by atoms with Gasteiger partial charge < -0.3 is 32.5 Å². The number of nitrogens with two attached hydrogens (primary N) is 3. The first-order valence-electron chi connectivity index (χ1n) is 7.38. The zero-order valence-corrected chi connectivity index (χ0v) is 15.5. The smallest absolute Gasteiger partial charge is 0.321 e. The minimum absolute atomic E-state index is 0.229. The lowest BCUT2D eigenvalue weighted by atomic mass is 10.1. The molecule has 0 heterocycles. The van der Waals surface area contributed by atoms with E-state index in [0.717, 1.165) is 5.56 Å². The lowest BCUT2D eigenvalue weighted by molar-refractivity contribution is -0.139. The van der Waals surface area contributed by atoms with E-state index in [9.17, 15) is 14.4 Å². The Balaban J connectivity index is 0.000000485. The van der Waals surface area contributed by atoms with Crippen LogP contribution in [0.25, 0.3) is 0 Å². The van der Waals surface area contributed by atoms with Gasteiger partial charge in [-0.25, -0.2) is 0 Å². The van der Waals surface area contributed by atoms with Crippen LogP contribution in [0.4, 0.5) is 0 Å². The highest BCUT2D eigenvalue weighted by Gasteiger charge is 2.14. The van der Waals surface area contributed by atoms with E-state index in [1.807, 2.05) is 30.3 Å². The first-order chi connectivity index (χ1) is 12.1. The number of benzene rings is 1. The van der Waals surface area contributed by atoms with Gasteiger partial charge in [-0.2, -0.15) is 0 Å². The molecular formula is C15H23N3O6S2. The topological polar surface area (TPSA) is 190 Å². The van der Waals surface area contributed by atoms with Crippen molar-refractivity contribution in [1.82, 2.24) is 0 Å². The Bertz CT molecular complexity index is 554. The van der Waals surface area contributed by atoms with Crippen LogP contribution in [0, 0.1) is 0 Å². The Kier molecular flexibility index (Phi) is 12.5. The van der Waals surface area contributed by atoms with Crippen LogP contribution in [0.5, 0.6) is 0 Å². The SMILES string of the molecule is NC(CSSC[C@H](N)C(=O)O)C(=O)O.N[C@@H](Cc1ccccc1)C(=O)O. The summed E-state index contributed by atoms with van der Waals surface area (Å²) in [6, 6.07) is 6.70. The Morgan fingerprint density at radius 3 is 1.50 bits per heavy atom. The molecule has 0 radical (unpaired) electrons.